The van der Waals surface area contributed by atoms with Gasteiger partial charge in [-0.05, 0) is 35.3 Å². The average molecular weight is 410 g/mol. The lowest BCUT2D eigenvalue weighted by Crippen LogP contribution is -2.24. The highest BCUT2D eigenvalue weighted by Gasteiger charge is 2.11. The molecule has 0 atom stereocenters. The van der Waals surface area contributed by atoms with E-state index in [1.807, 2.05) is 36.4 Å². The summed E-state index contributed by atoms with van der Waals surface area (Å²) in [4.78, 5) is 16.4. The number of hydrogen-bond donors (Lipinski definition) is 1. The van der Waals surface area contributed by atoms with Crippen molar-refractivity contribution in [3.8, 4) is 11.4 Å². The number of amides is 1. The van der Waals surface area contributed by atoms with E-state index in [0.717, 1.165) is 15.5 Å². The van der Waals surface area contributed by atoms with Crippen LogP contribution in [-0.2, 0) is 11.3 Å². The molecule has 25 heavy (non-hydrogen) atoms. The molecule has 0 saturated heterocycles. The third kappa shape index (κ3) is 4.95. The van der Waals surface area contributed by atoms with Crippen molar-refractivity contribution in [3.05, 3.63) is 64.1 Å². The van der Waals surface area contributed by atoms with Crippen LogP contribution in [0.3, 0.4) is 0 Å². The summed E-state index contributed by atoms with van der Waals surface area (Å²) in [6, 6.07) is 14.8. The molecule has 1 amide bonds. The van der Waals surface area contributed by atoms with Gasteiger partial charge in [-0.25, -0.2) is 4.98 Å². The summed E-state index contributed by atoms with van der Waals surface area (Å²) in [5, 5.41) is 4.10. The predicted molar refractivity (Wildman–Crippen MR) is 104 cm³/mol. The van der Waals surface area contributed by atoms with Crippen molar-refractivity contribution >= 4 is 52.4 Å². The molecule has 0 radical (unpaired) electrons. The summed E-state index contributed by atoms with van der Waals surface area (Å²) in [5.41, 5.74) is 1.68. The van der Waals surface area contributed by atoms with Crippen LogP contribution in [0.5, 0.6) is 0 Å². The van der Waals surface area contributed by atoms with E-state index in [1.165, 1.54) is 23.3 Å². The van der Waals surface area contributed by atoms with Crippen LogP contribution >= 0.6 is 46.5 Å². The third-order valence-corrected chi connectivity index (χ3v) is 5.81. The number of rotatable bonds is 6. The van der Waals surface area contributed by atoms with Crippen molar-refractivity contribution < 1.29 is 4.79 Å². The van der Waals surface area contributed by atoms with E-state index in [4.69, 9.17) is 23.2 Å². The van der Waals surface area contributed by atoms with Crippen LogP contribution < -0.4 is 5.32 Å². The molecule has 0 unspecified atom stereocenters. The van der Waals surface area contributed by atoms with Crippen LogP contribution in [0.15, 0.2) is 52.9 Å². The zero-order valence-electron chi connectivity index (χ0n) is 12.9. The number of nitrogens with zero attached hydrogens (tertiary/aromatic N) is 2. The van der Waals surface area contributed by atoms with Gasteiger partial charge in [0, 0.05) is 17.1 Å². The molecule has 0 fully saturated rings. The Morgan fingerprint density at radius 3 is 2.56 bits per heavy atom. The minimum Gasteiger partial charge on any atom is -0.351 e. The van der Waals surface area contributed by atoms with Gasteiger partial charge in [-0.3, -0.25) is 4.79 Å². The molecule has 0 bridgehead atoms. The van der Waals surface area contributed by atoms with E-state index in [9.17, 15) is 4.79 Å². The van der Waals surface area contributed by atoms with Gasteiger partial charge in [-0.2, -0.15) is 4.37 Å². The molecule has 3 aromatic rings. The number of halogens is 2. The maximum absolute atomic E-state index is 12.0. The fourth-order valence-electron chi connectivity index (χ4n) is 2.03. The van der Waals surface area contributed by atoms with Gasteiger partial charge >= 0.3 is 0 Å². The third-order valence-electron chi connectivity index (χ3n) is 3.28. The van der Waals surface area contributed by atoms with E-state index in [0.29, 0.717) is 22.4 Å². The van der Waals surface area contributed by atoms with E-state index < -0.39 is 0 Å². The molecule has 1 heterocycles. The summed E-state index contributed by atoms with van der Waals surface area (Å²) in [6.07, 6.45) is 0. The zero-order valence-corrected chi connectivity index (χ0v) is 16.1. The Labute approximate surface area is 163 Å². The quantitative estimate of drug-likeness (QED) is 0.586. The first-order valence-corrected chi connectivity index (χ1v) is 9.86. The Hall–Kier alpha value is -1.60. The Morgan fingerprint density at radius 1 is 1.08 bits per heavy atom. The lowest BCUT2D eigenvalue weighted by atomic mass is 10.2. The molecule has 0 saturated carbocycles. The molecule has 0 aliphatic heterocycles. The summed E-state index contributed by atoms with van der Waals surface area (Å²) in [5.74, 6) is 0.760. The Kier molecular flexibility index (Phi) is 6.31. The van der Waals surface area contributed by atoms with Gasteiger partial charge in [0.1, 0.15) is 0 Å². The standard InChI is InChI=1S/C17H13Cl2N3OS2/c18-13-7-3-1-5-11(13)9-20-15(23)10-24-17-21-16(22-25-17)12-6-2-4-8-14(12)19/h1-8H,9-10H2,(H,20,23). The topological polar surface area (TPSA) is 54.9 Å². The van der Waals surface area contributed by atoms with Gasteiger partial charge in [0.2, 0.25) is 5.91 Å². The molecule has 3 rings (SSSR count). The highest BCUT2D eigenvalue weighted by atomic mass is 35.5. The van der Waals surface area contributed by atoms with Crippen LogP contribution in [0.2, 0.25) is 10.0 Å². The highest BCUT2D eigenvalue weighted by molar-refractivity contribution is 8.01. The minimum atomic E-state index is -0.0839. The molecule has 4 nitrogen and oxygen atoms in total. The molecule has 1 N–H and O–H groups in total. The number of carbonyl (C=O) groups excluding carboxylic acids is 1. The lowest BCUT2D eigenvalue weighted by molar-refractivity contribution is -0.118. The van der Waals surface area contributed by atoms with Gasteiger partial charge in [-0.15, -0.1) is 0 Å². The van der Waals surface area contributed by atoms with Crippen LogP contribution in [0.25, 0.3) is 11.4 Å². The molecule has 0 spiro atoms. The fourth-order valence-corrected chi connectivity index (χ4v) is 3.89. The smallest absolute Gasteiger partial charge is 0.230 e. The zero-order chi connectivity index (χ0) is 17.6. The summed E-state index contributed by atoms with van der Waals surface area (Å²) < 4.78 is 5.03. The lowest BCUT2D eigenvalue weighted by Gasteiger charge is -2.06. The van der Waals surface area contributed by atoms with Gasteiger partial charge in [0.05, 0.1) is 10.8 Å². The SMILES string of the molecule is O=C(CSc1nc(-c2ccccc2Cl)ns1)NCc1ccccc1Cl. The van der Waals surface area contributed by atoms with Crippen LogP contribution in [0.4, 0.5) is 0 Å². The van der Waals surface area contributed by atoms with Crippen LogP contribution in [0.1, 0.15) is 5.56 Å². The second kappa shape index (κ2) is 8.67. The first-order valence-electron chi connectivity index (χ1n) is 7.35. The van der Waals surface area contributed by atoms with E-state index in [2.05, 4.69) is 14.7 Å². The number of thioether (sulfide) groups is 1. The van der Waals surface area contributed by atoms with Gasteiger partial charge in [0.25, 0.3) is 0 Å². The normalized spacial score (nSPS) is 10.6. The number of benzene rings is 2. The highest BCUT2D eigenvalue weighted by Crippen LogP contribution is 2.29. The van der Waals surface area contributed by atoms with Crippen LogP contribution in [-0.4, -0.2) is 21.0 Å². The van der Waals surface area contributed by atoms with Gasteiger partial charge < -0.3 is 5.32 Å². The maximum Gasteiger partial charge on any atom is 0.230 e. The first kappa shape index (κ1) is 18.2. The molecule has 0 aliphatic rings. The molecule has 8 heteroatoms. The average Bonchev–Trinajstić information content (AvgIpc) is 3.08. The minimum absolute atomic E-state index is 0.0839. The second-order valence-electron chi connectivity index (χ2n) is 5.02. The monoisotopic (exact) mass is 409 g/mol. The van der Waals surface area contributed by atoms with Crippen molar-refractivity contribution in [1.29, 1.82) is 0 Å². The molecule has 1 aromatic heterocycles. The van der Waals surface area contributed by atoms with Crippen LogP contribution in [0, 0.1) is 0 Å². The fraction of sp³-hybridized carbons (Fsp3) is 0.118. The van der Waals surface area contributed by atoms with Crippen molar-refractivity contribution in [1.82, 2.24) is 14.7 Å². The Morgan fingerprint density at radius 2 is 1.80 bits per heavy atom. The molecular weight excluding hydrogens is 397 g/mol. The van der Waals surface area contributed by atoms with Gasteiger partial charge in [0.15, 0.2) is 10.2 Å². The van der Waals surface area contributed by atoms with E-state index in [1.54, 1.807) is 12.1 Å². The number of carbonyl (C=O) groups is 1. The second-order valence-corrected chi connectivity index (χ2v) is 7.81. The molecule has 128 valence electrons. The predicted octanol–water partition coefficient (Wildman–Crippen LogP) is 4.92. The number of aromatic nitrogens is 2. The van der Waals surface area contributed by atoms with E-state index >= 15 is 0 Å². The van der Waals surface area contributed by atoms with Crippen molar-refractivity contribution in [3.63, 3.8) is 0 Å². The first-order chi connectivity index (χ1) is 12.1. The Bertz CT molecular complexity index is 886. The maximum atomic E-state index is 12.0. The Balaban J connectivity index is 1.53. The van der Waals surface area contributed by atoms with Crippen molar-refractivity contribution in [2.45, 2.75) is 10.9 Å². The number of hydrogen-bond acceptors (Lipinski definition) is 5. The molecular formula is C17H13Cl2N3OS2. The summed E-state index contributed by atoms with van der Waals surface area (Å²) in [7, 11) is 0. The van der Waals surface area contributed by atoms with Crippen molar-refractivity contribution in [2.75, 3.05) is 5.75 Å². The van der Waals surface area contributed by atoms with E-state index in [-0.39, 0.29) is 11.7 Å². The molecule has 0 aliphatic carbocycles. The molecule has 2 aromatic carbocycles. The van der Waals surface area contributed by atoms with Crippen molar-refractivity contribution in [2.24, 2.45) is 0 Å². The number of nitrogens with one attached hydrogen (secondary N) is 1. The summed E-state index contributed by atoms with van der Waals surface area (Å²) in [6.45, 7) is 0.403. The summed E-state index contributed by atoms with van der Waals surface area (Å²) >= 11 is 14.8. The largest absolute Gasteiger partial charge is 0.351 e. The van der Waals surface area contributed by atoms with Gasteiger partial charge in [-0.1, -0.05) is 65.3 Å².